The van der Waals surface area contributed by atoms with E-state index in [1.807, 2.05) is 21.1 Å². The Hall–Kier alpha value is -4.89. The van der Waals surface area contributed by atoms with Crippen molar-refractivity contribution in [3.8, 4) is 0 Å². The van der Waals surface area contributed by atoms with Crippen LogP contribution in [0.3, 0.4) is 0 Å². The fraction of sp³-hybridized carbons (Fsp3) is 0.652. The summed E-state index contributed by atoms with van der Waals surface area (Å²) in [5.41, 5.74) is 0. The second kappa shape index (κ2) is 80.2. The molecule has 10 heteroatoms. The maximum atomic E-state index is 12.9. The number of rotatable bonds is 75. The van der Waals surface area contributed by atoms with Crippen LogP contribution >= 0.6 is 7.82 Å². The average Bonchev–Trinajstić information content (AvgIpc) is 0.914. The summed E-state index contributed by atoms with van der Waals surface area (Å²) in [5.74, 6) is -0.841. The third-order valence-corrected chi connectivity index (χ3v) is 18.4. The monoisotopic (exact) mass is 1430 g/mol. The van der Waals surface area contributed by atoms with Crippen molar-refractivity contribution in [3.05, 3.63) is 182 Å². The van der Waals surface area contributed by atoms with E-state index in [4.69, 9.17) is 18.5 Å². The number of hydrogen-bond acceptors (Lipinski definition) is 8. The van der Waals surface area contributed by atoms with Gasteiger partial charge in [0.2, 0.25) is 0 Å². The van der Waals surface area contributed by atoms with Gasteiger partial charge >= 0.3 is 11.9 Å². The third kappa shape index (κ3) is 84.1. The van der Waals surface area contributed by atoms with Crippen LogP contribution in [0.15, 0.2) is 182 Å². The van der Waals surface area contributed by atoms with Crippen molar-refractivity contribution in [3.63, 3.8) is 0 Å². The number of hydrogen-bond donors (Lipinski definition) is 0. The summed E-state index contributed by atoms with van der Waals surface area (Å²) < 4.78 is 34.4. The SMILES string of the molecule is CC/C=C\C/C=C\C/C=C\C/C=C\C/C=C\C/C=C\C/C=C\C/C=C\C/C=C\C/C=C\CCCCCCCCCCC(=O)OC(COC(=O)CCCCCCCCCCCCCCCCCCCCCCCCC/C=C\C/C=C\C/C=C\C/C=C\C/C=C\CC)COP(=O)([O-])OCC[N+](C)(C)C. The molecule has 0 radical (unpaired) electrons. The molecule has 580 valence electrons. The minimum absolute atomic E-state index is 0.0390. The molecular weight excluding hydrogens is 1280 g/mol. The molecule has 9 nitrogen and oxygen atoms in total. The second-order valence-corrected chi connectivity index (χ2v) is 29.8. The molecule has 0 spiro atoms. The minimum atomic E-state index is -4.66. The molecule has 0 saturated carbocycles. The van der Waals surface area contributed by atoms with E-state index in [-0.39, 0.29) is 32.0 Å². The Morgan fingerprint density at radius 3 is 0.784 bits per heavy atom. The Bertz CT molecular complexity index is 2390. The highest BCUT2D eigenvalue weighted by molar-refractivity contribution is 7.45. The van der Waals surface area contributed by atoms with Gasteiger partial charge < -0.3 is 27.9 Å². The number of carbonyl (C=O) groups is 2. The van der Waals surface area contributed by atoms with Crippen LogP contribution in [0.2, 0.25) is 0 Å². The first kappa shape index (κ1) is 97.1. The van der Waals surface area contributed by atoms with Crippen LogP contribution in [0, 0.1) is 0 Å². The molecule has 0 aromatic heterocycles. The standard InChI is InChI=1S/C92H154NO8P/c1-6-8-10-12-14-16-18-20-22-24-26-28-30-32-34-36-38-40-42-44-46-48-50-52-54-56-58-60-62-64-66-68-70-72-74-76-78-80-82-84-91(94)98-88-90(89-100-102(96,97)99-87-86-93(3,4)5)101-92(95)85-83-81-79-77-75-73-71-69-67-65-63-61-59-57-55-53-51-49-47-45-43-41-39-37-35-33-31-29-27-25-23-21-19-17-15-13-11-9-7-2/h8-11,14-17,20-23,26-29,32-35,39,41,45,47,51,53,57,59,63,65,90H,6-7,12-13,18-19,24-25,30-31,36-38,40,42-44,46,48-50,52,54-56,58,60-62,64,66-89H2,1-5H3/b10-8-,11-9-,16-14-,17-15-,22-20-,23-21-,28-26-,29-27-,34-32-,35-33-,41-39-,47-45-,53-51-,59-57-,65-63-. The molecule has 0 saturated heterocycles. The molecule has 2 atom stereocenters. The van der Waals surface area contributed by atoms with Gasteiger partial charge in [-0.15, -0.1) is 0 Å². The van der Waals surface area contributed by atoms with E-state index in [0.29, 0.717) is 17.4 Å². The van der Waals surface area contributed by atoms with Gasteiger partial charge in [0, 0.05) is 12.8 Å². The van der Waals surface area contributed by atoms with Gasteiger partial charge in [0.1, 0.15) is 19.8 Å². The highest BCUT2D eigenvalue weighted by Gasteiger charge is 2.22. The van der Waals surface area contributed by atoms with Gasteiger partial charge in [0.15, 0.2) is 6.10 Å². The number of quaternary nitrogens is 1. The molecule has 0 heterocycles. The Morgan fingerprint density at radius 2 is 0.529 bits per heavy atom. The Balaban J connectivity index is 4.01. The lowest BCUT2D eigenvalue weighted by molar-refractivity contribution is -0.870. The number of ether oxygens (including phenoxy) is 2. The number of likely N-dealkylation sites (N-methyl/N-ethyl adjacent to an activating group) is 1. The molecule has 0 rings (SSSR count). The lowest BCUT2D eigenvalue weighted by atomic mass is 10.0. The van der Waals surface area contributed by atoms with Crippen LogP contribution in [0.1, 0.15) is 335 Å². The maximum absolute atomic E-state index is 12.9. The van der Waals surface area contributed by atoms with E-state index < -0.39 is 26.5 Å². The number of allylic oxidation sites excluding steroid dienone is 30. The lowest BCUT2D eigenvalue weighted by Gasteiger charge is -2.28. The zero-order valence-electron chi connectivity index (χ0n) is 66.2. The van der Waals surface area contributed by atoms with Crippen molar-refractivity contribution < 1.29 is 42.1 Å². The van der Waals surface area contributed by atoms with Crippen LogP contribution in [0.4, 0.5) is 0 Å². The lowest BCUT2D eigenvalue weighted by Crippen LogP contribution is -2.37. The van der Waals surface area contributed by atoms with Crippen molar-refractivity contribution in [1.82, 2.24) is 0 Å². The van der Waals surface area contributed by atoms with E-state index >= 15 is 0 Å². The van der Waals surface area contributed by atoms with Gasteiger partial charge in [-0.2, -0.15) is 0 Å². The zero-order valence-corrected chi connectivity index (χ0v) is 67.1. The van der Waals surface area contributed by atoms with Crippen molar-refractivity contribution in [2.45, 2.75) is 341 Å². The molecule has 0 aliphatic carbocycles. The molecular formula is C92H154NO8P. The summed E-state index contributed by atoms with van der Waals surface area (Å²) in [4.78, 5) is 38.2. The van der Waals surface area contributed by atoms with Crippen LogP contribution in [0.25, 0.3) is 0 Å². The third-order valence-electron chi connectivity index (χ3n) is 17.4. The first-order valence-electron chi connectivity index (χ1n) is 41.5. The molecule has 0 amide bonds. The van der Waals surface area contributed by atoms with Crippen molar-refractivity contribution in [2.75, 3.05) is 47.5 Å². The summed E-state index contributed by atoms with van der Waals surface area (Å²) in [6.07, 6.45) is 123. The predicted molar refractivity (Wildman–Crippen MR) is 443 cm³/mol. The minimum Gasteiger partial charge on any atom is -0.756 e. The van der Waals surface area contributed by atoms with Crippen LogP contribution in [0.5, 0.6) is 0 Å². The van der Waals surface area contributed by atoms with Crippen LogP contribution in [-0.4, -0.2) is 70.0 Å². The summed E-state index contributed by atoms with van der Waals surface area (Å²) in [6, 6.07) is 0. The highest BCUT2D eigenvalue weighted by atomic mass is 31.2. The van der Waals surface area contributed by atoms with Crippen LogP contribution < -0.4 is 4.89 Å². The summed E-state index contributed by atoms with van der Waals surface area (Å²) in [6.45, 7) is 4.02. The Kier molecular flexibility index (Phi) is 76.4. The maximum Gasteiger partial charge on any atom is 0.306 e. The summed E-state index contributed by atoms with van der Waals surface area (Å²) in [7, 11) is 1.15. The number of unbranched alkanes of at least 4 members (excludes halogenated alkanes) is 31. The first-order valence-corrected chi connectivity index (χ1v) is 43.0. The molecule has 0 aromatic rings. The number of phosphoric acid groups is 1. The Labute approximate surface area is 629 Å². The van der Waals surface area contributed by atoms with Crippen LogP contribution in [-0.2, 0) is 32.7 Å². The van der Waals surface area contributed by atoms with Crippen molar-refractivity contribution in [1.29, 1.82) is 0 Å². The summed E-state index contributed by atoms with van der Waals surface area (Å²) in [5, 5.41) is 0. The van der Waals surface area contributed by atoms with Crippen molar-refractivity contribution >= 4 is 19.8 Å². The quantitative estimate of drug-likeness (QED) is 0.0195. The molecule has 0 bridgehead atoms. The first-order chi connectivity index (χ1) is 50.0. The largest absolute Gasteiger partial charge is 0.756 e. The molecule has 0 N–H and O–H groups in total. The molecule has 0 fully saturated rings. The van der Waals surface area contributed by atoms with Gasteiger partial charge in [0.25, 0.3) is 7.82 Å². The molecule has 0 aliphatic heterocycles. The fourth-order valence-electron chi connectivity index (χ4n) is 11.2. The highest BCUT2D eigenvalue weighted by Crippen LogP contribution is 2.38. The van der Waals surface area contributed by atoms with E-state index in [2.05, 4.69) is 196 Å². The smallest absolute Gasteiger partial charge is 0.306 e. The number of esters is 2. The molecule has 2 unspecified atom stereocenters. The molecule has 0 aliphatic rings. The normalized spacial score (nSPS) is 14.0. The second-order valence-electron chi connectivity index (χ2n) is 28.4. The van der Waals surface area contributed by atoms with Gasteiger partial charge in [-0.3, -0.25) is 14.2 Å². The Morgan fingerprint density at radius 1 is 0.304 bits per heavy atom. The zero-order chi connectivity index (χ0) is 74.0. The molecule has 0 aromatic carbocycles. The number of phosphoric ester groups is 1. The van der Waals surface area contributed by atoms with E-state index in [9.17, 15) is 19.0 Å². The predicted octanol–water partition coefficient (Wildman–Crippen LogP) is 27.5. The van der Waals surface area contributed by atoms with Gasteiger partial charge in [-0.1, -0.05) is 369 Å². The average molecular weight is 1430 g/mol. The van der Waals surface area contributed by atoms with Crippen molar-refractivity contribution in [2.24, 2.45) is 0 Å². The molecule has 102 heavy (non-hydrogen) atoms. The van der Waals surface area contributed by atoms with Gasteiger partial charge in [-0.05, 0) is 135 Å². The topological polar surface area (TPSA) is 111 Å². The van der Waals surface area contributed by atoms with Gasteiger partial charge in [-0.25, -0.2) is 0 Å². The van der Waals surface area contributed by atoms with E-state index in [1.54, 1.807) is 0 Å². The van der Waals surface area contributed by atoms with E-state index in [0.717, 1.165) is 141 Å². The fourth-order valence-corrected chi connectivity index (χ4v) is 11.9. The number of carbonyl (C=O) groups excluding carboxylic acids is 2. The number of nitrogens with zero attached hydrogens (tertiary/aromatic N) is 1. The summed E-state index contributed by atoms with van der Waals surface area (Å²) >= 11 is 0. The van der Waals surface area contributed by atoms with Gasteiger partial charge in [0.05, 0.1) is 27.7 Å². The van der Waals surface area contributed by atoms with E-state index in [1.165, 1.54) is 161 Å².